The first-order valence-corrected chi connectivity index (χ1v) is 5.35. The van der Waals surface area contributed by atoms with Crippen molar-refractivity contribution >= 4 is 11.8 Å². The third-order valence-corrected chi connectivity index (χ3v) is 2.14. The number of unbranched alkanes of at least 4 members (excludes halogenated alkanes) is 1. The first-order valence-electron chi connectivity index (χ1n) is 5.35. The molecule has 0 heterocycles. The lowest BCUT2D eigenvalue weighted by Gasteiger charge is -2.11. The first-order chi connectivity index (χ1) is 7.11. The lowest BCUT2D eigenvalue weighted by atomic mass is 10.1. The van der Waals surface area contributed by atoms with E-state index in [4.69, 9.17) is 5.73 Å². The highest BCUT2D eigenvalue weighted by Gasteiger charge is 2.11. The number of hydrogen-bond acceptors (Lipinski definition) is 3. The van der Waals surface area contributed by atoms with Crippen LogP contribution in [0.2, 0.25) is 0 Å². The molecular formula is C10H21N3O2. The maximum atomic E-state index is 11.4. The minimum absolute atomic E-state index is 0.0857. The van der Waals surface area contributed by atoms with Crippen LogP contribution in [0, 0.1) is 0 Å². The number of rotatable bonds is 7. The Bertz CT molecular complexity index is 207. The van der Waals surface area contributed by atoms with E-state index in [0.717, 1.165) is 12.8 Å². The van der Waals surface area contributed by atoms with Gasteiger partial charge in [0.15, 0.2) is 0 Å². The lowest BCUT2D eigenvalue weighted by Crippen LogP contribution is -2.41. The zero-order valence-electron chi connectivity index (χ0n) is 9.51. The van der Waals surface area contributed by atoms with Gasteiger partial charge >= 0.3 is 0 Å². The number of nitrogens with two attached hydrogens (primary N) is 1. The van der Waals surface area contributed by atoms with Gasteiger partial charge in [0.05, 0.1) is 6.04 Å². The molecule has 0 aliphatic heterocycles. The van der Waals surface area contributed by atoms with Gasteiger partial charge in [0.2, 0.25) is 11.8 Å². The maximum Gasteiger partial charge on any atom is 0.236 e. The van der Waals surface area contributed by atoms with E-state index >= 15 is 0 Å². The molecule has 2 amide bonds. The molecule has 0 bridgehead atoms. The summed E-state index contributed by atoms with van der Waals surface area (Å²) in [5.74, 6) is -0.259. The predicted octanol–water partition coefficient (Wildman–Crippen LogP) is -0.244. The van der Waals surface area contributed by atoms with E-state index in [1.807, 2.05) is 0 Å². The number of carbonyl (C=O) groups excluding carboxylic acids is 2. The van der Waals surface area contributed by atoms with Crippen molar-refractivity contribution in [3.05, 3.63) is 0 Å². The Morgan fingerprint density at radius 1 is 1.40 bits per heavy atom. The van der Waals surface area contributed by atoms with Crippen molar-refractivity contribution in [3.8, 4) is 0 Å². The number of amides is 2. The van der Waals surface area contributed by atoms with E-state index in [-0.39, 0.29) is 11.8 Å². The second kappa shape index (κ2) is 8.23. The van der Waals surface area contributed by atoms with Crippen LogP contribution in [0.5, 0.6) is 0 Å². The van der Waals surface area contributed by atoms with Gasteiger partial charge in [-0.05, 0) is 6.42 Å². The van der Waals surface area contributed by atoms with Gasteiger partial charge in [-0.3, -0.25) is 9.59 Å². The Morgan fingerprint density at radius 3 is 2.60 bits per heavy atom. The summed E-state index contributed by atoms with van der Waals surface area (Å²) in [6.45, 7) is 2.40. The van der Waals surface area contributed by atoms with Crippen LogP contribution in [0.25, 0.3) is 0 Å². The minimum atomic E-state index is -0.449. The molecule has 0 saturated carbocycles. The van der Waals surface area contributed by atoms with Crippen molar-refractivity contribution in [1.82, 2.24) is 10.6 Å². The number of nitrogens with one attached hydrogen (secondary N) is 2. The van der Waals surface area contributed by atoms with E-state index in [0.29, 0.717) is 19.4 Å². The minimum Gasteiger partial charge on any atom is -0.359 e. The quantitative estimate of drug-likeness (QED) is 0.548. The largest absolute Gasteiger partial charge is 0.359 e. The van der Waals surface area contributed by atoms with Gasteiger partial charge in [0, 0.05) is 20.0 Å². The average molecular weight is 215 g/mol. The molecule has 0 aromatic heterocycles. The summed E-state index contributed by atoms with van der Waals surface area (Å²) in [7, 11) is 1.57. The maximum absolute atomic E-state index is 11.4. The molecule has 15 heavy (non-hydrogen) atoms. The smallest absolute Gasteiger partial charge is 0.236 e. The lowest BCUT2D eigenvalue weighted by molar-refractivity contribution is -0.123. The SMILES string of the molecule is CCCCC(N)C(=O)NCCC(=O)NC. The average Bonchev–Trinajstić information content (AvgIpc) is 2.25. The summed E-state index contributed by atoms with van der Waals surface area (Å²) in [5, 5.41) is 5.11. The molecule has 0 aromatic rings. The van der Waals surface area contributed by atoms with E-state index < -0.39 is 6.04 Å². The zero-order chi connectivity index (χ0) is 11.7. The van der Waals surface area contributed by atoms with Gasteiger partial charge in [-0.2, -0.15) is 0 Å². The van der Waals surface area contributed by atoms with Crippen LogP contribution in [0.1, 0.15) is 32.6 Å². The highest BCUT2D eigenvalue weighted by atomic mass is 16.2. The molecule has 1 atom stereocenters. The van der Waals surface area contributed by atoms with Crippen molar-refractivity contribution in [2.24, 2.45) is 5.73 Å². The molecule has 0 spiro atoms. The van der Waals surface area contributed by atoms with Gasteiger partial charge in [0.1, 0.15) is 0 Å². The van der Waals surface area contributed by atoms with Crippen LogP contribution in [0.3, 0.4) is 0 Å². The number of carbonyl (C=O) groups is 2. The van der Waals surface area contributed by atoms with Crippen molar-refractivity contribution < 1.29 is 9.59 Å². The van der Waals surface area contributed by atoms with Gasteiger partial charge in [-0.25, -0.2) is 0 Å². The zero-order valence-corrected chi connectivity index (χ0v) is 9.51. The second-order valence-electron chi connectivity index (χ2n) is 3.46. The van der Waals surface area contributed by atoms with Gasteiger partial charge < -0.3 is 16.4 Å². The Hall–Kier alpha value is -1.10. The fourth-order valence-electron chi connectivity index (χ4n) is 1.11. The van der Waals surface area contributed by atoms with Crippen molar-refractivity contribution in [2.45, 2.75) is 38.6 Å². The summed E-state index contributed by atoms with van der Waals surface area (Å²) in [5.41, 5.74) is 5.64. The Labute approximate surface area is 90.8 Å². The predicted molar refractivity (Wildman–Crippen MR) is 59.2 cm³/mol. The van der Waals surface area contributed by atoms with Crippen molar-refractivity contribution in [2.75, 3.05) is 13.6 Å². The van der Waals surface area contributed by atoms with E-state index in [9.17, 15) is 9.59 Å². The first kappa shape index (κ1) is 13.9. The van der Waals surface area contributed by atoms with E-state index in [1.165, 1.54) is 0 Å². The molecule has 4 N–H and O–H groups in total. The van der Waals surface area contributed by atoms with Crippen molar-refractivity contribution in [3.63, 3.8) is 0 Å². The van der Waals surface area contributed by atoms with Gasteiger partial charge in [-0.1, -0.05) is 19.8 Å². The Balaban J connectivity index is 3.59. The summed E-state index contributed by atoms with van der Waals surface area (Å²) >= 11 is 0. The van der Waals surface area contributed by atoms with E-state index in [2.05, 4.69) is 17.6 Å². The molecule has 5 nitrogen and oxygen atoms in total. The van der Waals surface area contributed by atoms with Gasteiger partial charge in [-0.15, -0.1) is 0 Å². The van der Waals surface area contributed by atoms with Gasteiger partial charge in [0.25, 0.3) is 0 Å². The normalized spacial score (nSPS) is 11.9. The second-order valence-corrected chi connectivity index (χ2v) is 3.46. The van der Waals surface area contributed by atoms with Crippen molar-refractivity contribution in [1.29, 1.82) is 0 Å². The molecule has 0 rings (SSSR count). The van der Waals surface area contributed by atoms with Crippen LogP contribution in [0.15, 0.2) is 0 Å². The topological polar surface area (TPSA) is 84.2 Å². The highest BCUT2D eigenvalue weighted by Crippen LogP contribution is 1.97. The summed E-state index contributed by atoms with van der Waals surface area (Å²) < 4.78 is 0. The highest BCUT2D eigenvalue weighted by molar-refractivity contribution is 5.82. The standard InChI is InChI=1S/C10H21N3O2/c1-3-4-5-8(11)10(15)13-7-6-9(14)12-2/h8H,3-7,11H2,1-2H3,(H,12,14)(H,13,15). The number of hydrogen-bond donors (Lipinski definition) is 3. The fraction of sp³-hybridized carbons (Fsp3) is 0.800. The third kappa shape index (κ3) is 6.90. The summed E-state index contributed by atoms with van der Waals surface area (Å²) in [6.07, 6.45) is 2.97. The Morgan fingerprint density at radius 2 is 2.07 bits per heavy atom. The molecule has 0 aliphatic rings. The molecule has 88 valence electrons. The van der Waals surface area contributed by atoms with E-state index in [1.54, 1.807) is 7.05 Å². The molecule has 1 unspecified atom stereocenters. The molecule has 0 aliphatic carbocycles. The third-order valence-electron chi connectivity index (χ3n) is 2.14. The molecule has 5 heteroatoms. The molecule has 0 saturated heterocycles. The molecule has 0 aromatic carbocycles. The van der Waals surface area contributed by atoms with Crippen LogP contribution >= 0.6 is 0 Å². The molecular weight excluding hydrogens is 194 g/mol. The molecule has 0 fully saturated rings. The molecule has 0 radical (unpaired) electrons. The summed E-state index contributed by atoms with van der Waals surface area (Å²) in [6, 6.07) is -0.449. The fourth-order valence-corrected chi connectivity index (χ4v) is 1.11. The van der Waals surface area contributed by atoms with Crippen LogP contribution < -0.4 is 16.4 Å². The summed E-state index contributed by atoms with van der Waals surface area (Å²) in [4.78, 5) is 22.2. The Kier molecular flexibility index (Phi) is 7.62. The van der Waals surface area contributed by atoms with Crippen LogP contribution in [0.4, 0.5) is 0 Å². The monoisotopic (exact) mass is 215 g/mol. The van der Waals surface area contributed by atoms with Crippen LogP contribution in [-0.4, -0.2) is 31.4 Å². The van der Waals surface area contributed by atoms with Crippen LogP contribution in [-0.2, 0) is 9.59 Å².